The van der Waals surface area contributed by atoms with E-state index in [1.54, 1.807) is 36.4 Å². The molecule has 8 nitrogen and oxygen atoms in total. The van der Waals surface area contributed by atoms with Gasteiger partial charge in [0.1, 0.15) is 23.3 Å². The van der Waals surface area contributed by atoms with Gasteiger partial charge in [-0.15, -0.1) is 0 Å². The second kappa shape index (κ2) is 14.6. The van der Waals surface area contributed by atoms with E-state index in [9.17, 15) is 27.2 Å². The number of aromatic amines is 2. The average Bonchev–Trinajstić information content (AvgIpc) is 3.94. The van der Waals surface area contributed by atoms with E-state index in [0.717, 1.165) is 12.1 Å². The predicted octanol–water partition coefficient (Wildman–Crippen LogP) is 9.38. The normalized spacial score (nSPS) is 20.6. The van der Waals surface area contributed by atoms with Crippen LogP contribution in [0.3, 0.4) is 0 Å². The molecule has 2 N–H and O–H groups in total. The first-order chi connectivity index (χ1) is 26.6. The van der Waals surface area contributed by atoms with Gasteiger partial charge in [0.15, 0.2) is 0 Å². The van der Waals surface area contributed by atoms with Crippen molar-refractivity contribution in [3.05, 3.63) is 154 Å². The highest BCUT2D eigenvalue weighted by molar-refractivity contribution is 6.20. The molecule has 3 aliphatic rings. The molecule has 0 unspecified atom stereocenters. The van der Waals surface area contributed by atoms with Crippen LogP contribution < -0.4 is 0 Å². The molecule has 0 saturated carbocycles. The van der Waals surface area contributed by atoms with Crippen LogP contribution in [-0.4, -0.2) is 47.5 Å². The van der Waals surface area contributed by atoms with Crippen LogP contribution in [0.5, 0.6) is 0 Å². The third-order valence-corrected chi connectivity index (χ3v) is 10.5. The number of esters is 2. The van der Waals surface area contributed by atoms with E-state index in [-0.39, 0.29) is 24.0 Å². The van der Waals surface area contributed by atoms with Crippen LogP contribution in [0.1, 0.15) is 80.4 Å². The number of aliphatic imine (C=N–C) groups is 2. The summed E-state index contributed by atoms with van der Waals surface area (Å²) in [4.78, 5) is 42.7. The Kier molecular flexibility index (Phi) is 9.94. The number of fused-ring (bicyclic) bond motifs is 6. The zero-order valence-electron chi connectivity index (χ0n) is 31.7. The minimum atomic E-state index is -0.844. The first-order valence-corrected chi connectivity index (χ1v) is 18.0. The van der Waals surface area contributed by atoms with E-state index in [1.807, 2.05) is 39.8 Å². The molecule has 0 fully saturated rings. The Morgan fingerprint density at radius 1 is 0.589 bits per heavy atom. The molecular weight excluding hydrogens is 724 g/mol. The topological polar surface area (TPSA) is 109 Å². The number of hydrogen-bond donors (Lipinski definition) is 2. The van der Waals surface area contributed by atoms with Gasteiger partial charge in [-0.25, -0.2) is 17.6 Å². The minimum Gasteiger partial charge on any atom is -0.469 e. The molecule has 2 aromatic heterocycles. The van der Waals surface area contributed by atoms with Crippen LogP contribution in [0.25, 0.3) is 11.1 Å². The van der Waals surface area contributed by atoms with Gasteiger partial charge in [0.25, 0.3) is 0 Å². The summed E-state index contributed by atoms with van der Waals surface area (Å²) >= 11 is 0. The highest BCUT2D eigenvalue weighted by atomic mass is 19.1. The lowest BCUT2D eigenvalue weighted by atomic mass is 9.71. The maximum absolute atomic E-state index is 14.9. The maximum atomic E-state index is 14.9. The van der Waals surface area contributed by atoms with Gasteiger partial charge in [-0.1, -0.05) is 27.7 Å². The molecule has 5 heterocycles. The van der Waals surface area contributed by atoms with Gasteiger partial charge >= 0.3 is 11.9 Å². The fourth-order valence-corrected chi connectivity index (χ4v) is 8.14. The van der Waals surface area contributed by atoms with E-state index >= 15 is 0 Å². The number of methoxy groups -OCH3 is 2. The maximum Gasteiger partial charge on any atom is 0.306 e. The Hall–Kier alpha value is -6.04. The molecule has 4 aromatic rings. The number of carbonyl (C=O) groups excluding carboxylic acids is 2. The Bertz CT molecular complexity index is 2280. The number of H-pyrrole nitrogens is 2. The quantitative estimate of drug-likeness (QED) is 0.138. The van der Waals surface area contributed by atoms with Gasteiger partial charge in [-0.05, 0) is 94.8 Å². The fraction of sp³-hybridized carbons (Fsp3) is 0.273. The summed E-state index contributed by atoms with van der Waals surface area (Å²) in [5.74, 6) is -5.14. The Morgan fingerprint density at radius 2 is 0.964 bits per heavy atom. The molecule has 8 bridgehead atoms. The summed E-state index contributed by atoms with van der Waals surface area (Å²) in [6.07, 6.45) is 7.07. The lowest BCUT2D eigenvalue weighted by Crippen LogP contribution is -2.37. The van der Waals surface area contributed by atoms with E-state index in [0.29, 0.717) is 56.7 Å². The van der Waals surface area contributed by atoms with Crippen molar-refractivity contribution >= 4 is 34.5 Å². The lowest BCUT2D eigenvalue weighted by Gasteiger charge is -2.33. The van der Waals surface area contributed by atoms with Crippen LogP contribution in [0.4, 0.5) is 17.6 Å². The molecule has 0 saturated heterocycles. The van der Waals surface area contributed by atoms with Crippen LogP contribution >= 0.6 is 0 Å². The summed E-state index contributed by atoms with van der Waals surface area (Å²) < 4.78 is 69.7. The van der Waals surface area contributed by atoms with Crippen molar-refractivity contribution < 1.29 is 36.6 Å². The van der Waals surface area contributed by atoms with Crippen LogP contribution in [0.2, 0.25) is 0 Å². The molecule has 288 valence electrons. The van der Waals surface area contributed by atoms with Crippen molar-refractivity contribution in [2.24, 2.45) is 26.7 Å². The van der Waals surface area contributed by atoms with Crippen molar-refractivity contribution in [1.82, 2.24) is 9.97 Å². The van der Waals surface area contributed by atoms with E-state index in [4.69, 9.17) is 19.5 Å². The minimum absolute atomic E-state index is 0.0124. The molecule has 0 radical (unpaired) electrons. The van der Waals surface area contributed by atoms with Crippen molar-refractivity contribution in [3.8, 4) is 0 Å². The van der Waals surface area contributed by atoms with E-state index in [1.165, 1.54) is 38.5 Å². The summed E-state index contributed by atoms with van der Waals surface area (Å²) in [6.45, 7) is 7.61. The first kappa shape index (κ1) is 38.2. The molecule has 2 aromatic carbocycles. The molecular formula is C44H40F4N4O4. The Balaban J connectivity index is 1.56. The largest absolute Gasteiger partial charge is 0.469 e. The molecule has 56 heavy (non-hydrogen) atoms. The molecule has 0 amide bonds. The lowest BCUT2D eigenvalue weighted by molar-refractivity contribution is -0.144. The van der Waals surface area contributed by atoms with Crippen molar-refractivity contribution in [1.29, 1.82) is 0 Å². The molecule has 7 rings (SSSR count). The smallest absolute Gasteiger partial charge is 0.306 e. The zero-order chi connectivity index (χ0) is 40.1. The van der Waals surface area contributed by atoms with Crippen LogP contribution in [0.15, 0.2) is 106 Å². The summed E-state index contributed by atoms with van der Waals surface area (Å²) in [5.41, 5.74) is 3.76. The van der Waals surface area contributed by atoms with Gasteiger partial charge in [-0.2, -0.15) is 0 Å². The number of aromatic nitrogens is 2. The predicted molar refractivity (Wildman–Crippen MR) is 206 cm³/mol. The number of benzene rings is 2. The first-order valence-electron chi connectivity index (χ1n) is 18.0. The fourth-order valence-electron chi connectivity index (χ4n) is 8.14. The number of carbonyl (C=O) groups is 2. The summed E-state index contributed by atoms with van der Waals surface area (Å²) in [6, 6.07) is 13.8. The third-order valence-electron chi connectivity index (χ3n) is 10.5. The molecule has 3 aliphatic heterocycles. The second-order valence-electron chi connectivity index (χ2n) is 15.6. The van der Waals surface area contributed by atoms with Gasteiger partial charge in [0, 0.05) is 57.9 Å². The summed E-state index contributed by atoms with van der Waals surface area (Å²) in [7, 11) is 2.63. The van der Waals surface area contributed by atoms with Gasteiger partial charge in [0.2, 0.25) is 0 Å². The van der Waals surface area contributed by atoms with Gasteiger partial charge in [0.05, 0.1) is 49.9 Å². The number of ether oxygens (including phenoxy) is 2. The molecule has 0 aliphatic carbocycles. The number of allylic oxidation sites excluding steroid dienone is 4. The Morgan fingerprint density at radius 3 is 1.34 bits per heavy atom. The SMILES string of the molecule is COC(=O)CC(C)(C)C1C2=N/C(=C(/c3cc(F)cc(F)c3)c3ccc([nH]3)C(C(C)(C)CC(=O)OC)c3ccc([nH]3)/C(c3cc(F)cc(F)c3)=C3/C=CC1=N3)C=C2. The van der Waals surface area contributed by atoms with Crippen LogP contribution in [0, 0.1) is 40.0 Å². The standard InChI is InChI=1S/C44H40F4N4O4/c1-43(2,21-37(53)55-5)41-33-11-7-29(49-33)39(23-15-25(45)19-26(46)16-23)31-9-13-35(51-31)42(44(3,4)22-38(54)56-6)36-14-10-32(52-36)40(30-8-12-34(41)50-30)24-17-27(47)20-28(48)18-24/h7-20,41-42,49-50H,21-22H2,1-6H3/b39-31-,40-32-. The van der Waals surface area contributed by atoms with Crippen molar-refractivity contribution in [2.75, 3.05) is 14.2 Å². The summed E-state index contributed by atoms with van der Waals surface area (Å²) in [5, 5.41) is 0. The number of rotatable bonds is 8. The number of halogens is 4. The molecule has 12 heteroatoms. The van der Waals surface area contributed by atoms with Crippen molar-refractivity contribution in [2.45, 2.75) is 46.5 Å². The van der Waals surface area contributed by atoms with Gasteiger partial charge < -0.3 is 19.4 Å². The van der Waals surface area contributed by atoms with Gasteiger partial charge in [-0.3, -0.25) is 19.6 Å². The number of nitrogens with zero attached hydrogens (tertiary/aromatic N) is 2. The molecule has 0 spiro atoms. The van der Waals surface area contributed by atoms with E-state index in [2.05, 4.69) is 9.97 Å². The van der Waals surface area contributed by atoms with E-state index < -0.39 is 57.9 Å². The second-order valence-corrected chi connectivity index (χ2v) is 15.6. The highest BCUT2D eigenvalue weighted by Gasteiger charge is 2.41. The van der Waals surface area contributed by atoms with Crippen LogP contribution in [-0.2, 0) is 19.1 Å². The van der Waals surface area contributed by atoms with Crippen molar-refractivity contribution in [3.63, 3.8) is 0 Å². The Labute approximate surface area is 321 Å². The molecule has 0 atom stereocenters. The third kappa shape index (κ3) is 7.35. The monoisotopic (exact) mass is 764 g/mol. The highest BCUT2D eigenvalue weighted by Crippen LogP contribution is 2.46. The average molecular weight is 765 g/mol. The number of hydrogen-bond acceptors (Lipinski definition) is 6. The number of nitrogens with one attached hydrogen (secondary N) is 2. The zero-order valence-corrected chi connectivity index (χ0v) is 31.7.